The number of carbonyl (C=O) groups is 3. The van der Waals surface area contributed by atoms with Crippen LogP contribution in [0, 0.1) is 12.7 Å². The molecule has 160 valence electrons. The van der Waals surface area contributed by atoms with Crippen LogP contribution in [0.2, 0.25) is 0 Å². The molecule has 1 saturated heterocycles. The van der Waals surface area contributed by atoms with Crippen molar-refractivity contribution < 1.29 is 18.8 Å². The highest BCUT2D eigenvalue weighted by Gasteiger charge is 2.45. The molecule has 2 aliphatic rings. The summed E-state index contributed by atoms with van der Waals surface area (Å²) in [5.41, 5.74) is 0.817. The average molecular weight is 422 g/mol. The molecule has 2 aromatic rings. The highest BCUT2D eigenvalue weighted by molar-refractivity contribution is 6.08. The number of nitrogens with one attached hydrogen (secondary N) is 2. The molecule has 2 aromatic carbocycles. The molecule has 3 amide bonds. The third-order valence-corrected chi connectivity index (χ3v) is 5.77. The topological polar surface area (TPSA) is 90.9 Å². The smallest absolute Gasteiger partial charge is 0.255 e. The molecule has 0 unspecified atom stereocenters. The number of anilines is 1. The molecule has 1 fully saturated rings. The van der Waals surface area contributed by atoms with Crippen molar-refractivity contribution in [3.63, 3.8) is 0 Å². The first-order valence-electron chi connectivity index (χ1n) is 10.1. The van der Waals surface area contributed by atoms with Crippen LogP contribution in [0.25, 0.3) is 0 Å². The lowest BCUT2D eigenvalue weighted by molar-refractivity contribution is -0.125. The van der Waals surface area contributed by atoms with Gasteiger partial charge in [0.15, 0.2) is 0 Å². The summed E-state index contributed by atoms with van der Waals surface area (Å²) in [6.07, 6.45) is 0.822. The Morgan fingerprint density at radius 1 is 1.13 bits per heavy atom. The number of piperidine rings is 1. The van der Waals surface area contributed by atoms with E-state index in [1.165, 1.54) is 12.1 Å². The molecule has 0 saturated carbocycles. The molecule has 31 heavy (non-hydrogen) atoms. The van der Waals surface area contributed by atoms with Gasteiger partial charge in [0, 0.05) is 29.9 Å². The fourth-order valence-corrected chi connectivity index (χ4v) is 4.09. The molecule has 2 aliphatic heterocycles. The number of benzene rings is 2. The van der Waals surface area contributed by atoms with Gasteiger partial charge in [0.05, 0.1) is 0 Å². The second-order valence-electron chi connectivity index (χ2n) is 7.97. The number of halogens is 1. The van der Waals surface area contributed by atoms with Gasteiger partial charge >= 0.3 is 0 Å². The van der Waals surface area contributed by atoms with E-state index in [-0.39, 0.29) is 29.0 Å². The monoisotopic (exact) mass is 422 g/mol. The molecule has 2 N–H and O–H groups in total. The van der Waals surface area contributed by atoms with Crippen molar-refractivity contribution in [1.82, 2.24) is 10.2 Å². The number of carbonyl (C=O) groups excluding carboxylic acids is 3. The van der Waals surface area contributed by atoms with Crippen molar-refractivity contribution in [2.24, 2.45) is 4.99 Å². The number of aliphatic imine (C=N–C) groups is 1. The predicted molar refractivity (Wildman–Crippen MR) is 115 cm³/mol. The van der Waals surface area contributed by atoms with Crippen LogP contribution < -0.4 is 10.6 Å². The van der Waals surface area contributed by atoms with E-state index >= 15 is 0 Å². The summed E-state index contributed by atoms with van der Waals surface area (Å²) in [6.45, 7) is 4.23. The second-order valence-corrected chi connectivity index (χ2v) is 7.97. The number of nitrogens with zero attached hydrogens (tertiary/aromatic N) is 2. The number of rotatable bonds is 3. The Labute approximate surface area is 179 Å². The summed E-state index contributed by atoms with van der Waals surface area (Å²) in [5.74, 6) is -0.884. The van der Waals surface area contributed by atoms with Crippen LogP contribution in [0.3, 0.4) is 0 Å². The number of aryl methyl sites for hydroxylation is 1. The van der Waals surface area contributed by atoms with Crippen LogP contribution in [-0.4, -0.2) is 47.1 Å². The van der Waals surface area contributed by atoms with Gasteiger partial charge in [0.2, 0.25) is 0 Å². The molecule has 7 nitrogen and oxygen atoms in total. The summed E-state index contributed by atoms with van der Waals surface area (Å²) in [4.78, 5) is 43.8. The van der Waals surface area contributed by atoms with Crippen LogP contribution in [0.1, 0.15) is 46.0 Å². The molecule has 0 atom stereocenters. The molecule has 0 aliphatic carbocycles. The molecule has 8 heteroatoms. The molecule has 2 heterocycles. The summed E-state index contributed by atoms with van der Waals surface area (Å²) in [5, 5.41) is 5.39. The minimum absolute atomic E-state index is 0.135. The van der Waals surface area contributed by atoms with Crippen molar-refractivity contribution >= 4 is 29.2 Å². The van der Waals surface area contributed by atoms with E-state index in [1.807, 2.05) is 19.1 Å². The first-order valence-corrected chi connectivity index (χ1v) is 10.1. The Hall–Kier alpha value is -3.55. The second kappa shape index (κ2) is 7.94. The Morgan fingerprint density at radius 2 is 1.84 bits per heavy atom. The SMILES string of the molecule is CC1=NC2(CCN(C(=O)c3cc(F)cc(NC(=O)c4ccccc4C)c3)CC2)C(=O)N1. The Morgan fingerprint density at radius 3 is 2.48 bits per heavy atom. The molecule has 0 radical (unpaired) electrons. The van der Waals surface area contributed by atoms with Crippen molar-refractivity contribution in [2.75, 3.05) is 18.4 Å². The lowest BCUT2D eigenvalue weighted by atomic mass is 9.87. The maximum atomic E-state index is 14.2. The number of likely N-dealkylation sites (tertiary alicyclic amines) is 1. The minimum Gasteiger partial charge on any atom is -0.338 e. The van der Waals surface area contributed by atoms with E-state index in [0.29, 0.717) is 37.3 Å². The van der Waals surface area contributed by atoms with Gasteiger partial charge in [-0.3, -0.25) is 19.4 Å². The zero-order chi connectivity index (χ0) is 22.2. The summed E-state index contributed by atoms with van der Waals surface area (Å²) in [6, 6.07) is 10.9. The van der Waals surface area contributed by atoms with E-state index in [4.69, 9.17) is 0 Å². The number of amidine groups is 1. The van der Waals surface area contributed by atoms with Crippen LogP contribution >= 0.6 is 0 Å². The average Bonchev–Trinajstić information content (AvgIpc) is 3.00. The standard InChI is InChI=1S/C23H23FN4O3/c1-14-5-3-4-6-19(14)20(29)26-18-12-16(11-17(24)13-18)21(30)28-9-7-23(8-10-28)22(31)25-15(2)27-23/h3-6,11-13H,7-10H2,1-2H3,(H,26,29)(H,25,27,31). The van der Waals surface area contributed by atoms with Gasteiger partial charge in [-0.2, -0.15) is 0 Å². The van der Waals surface area contributed by atoms with E-state index in [2.05, 4.69) is 15.6 Å². The highest BCUT2D eigenvalue weighted by atomic mass is 19.1. The first-order chi connectivity index (χ1) is 14.8. The number of hydrogen-bond acceptors (Lipinski definition) is 4. The zero-order valence-corrected chi connectivity index (χ0v) is 17.4. The summed E-state index contributed by atoms with van der Waals surface area (Å²) >= 11 is 0. The van der Waals surface area contributed by atoms with E-state index in [0.717, 1.165) is 11.6 Å². The molecular formula is C23H23FN4O3. The maximum Gasteiger partial charge on any atom is 0.255 e. The minimum atomic E-state index is -0.810. The maximum absolute atomic E-state index is 14.2. The molecular weight excluding hydrogens is 399 g/mol. The van der Waals surface area contributed by atoms with Crippen molar-refractivity contribution in [3.8, 4) is 0 Å². The van der Waals surface area contributed by atoms with Gasteiger partial charge in [0.1, 0.15) is 17.2 Å². The van der Waals surface area contributed by atoms with Gasteiger partial charge in [-0.1, -0.05) is 18.2 Å². The Balaban J connectivity index is 1.48. The van der Waals surface area contributed by atoms with Crippen LogP contribution in [0.5, 0.6) is 0 Å². The quantitative estimate of drug-likeness (QED) is 0.797. The largest absolute Gasteiger partial charge is 0.338 e. The normalized spacial score (nSPS) is 17.3. The van der Waals surface area contributed by atoms with Gasteiger partial charge in [-0.15, -0.1) is 0 Å². The van der Waals surface area contributed by atoms with Crippen LogP contribution in [0.4, 0.5) is 10.1 Å². The zero-order valence-electron chi connectivity index (χ0n) is 17.4. The Kier molecular flexibility index (Phi) is 5.31. The van der Waals surface area contributed by atoms with E-state index in [9.17, 15) is 18.8 Å². The highest BCUT2D eigenvalue weighted by Crippen LogP contribution is 2.30. The van der Waals surface area contributed by atoms with Gasteiger partial charge in [0.25, 0.3) is 17.7 Å². The lowest BCUT2D eigenvalue weighted by Crippen LogP contribution is -2.50. The van der Waals surface area contributed by atoms with Crippen LogP contribution in [0.15, 0.2) is 47.5 Å². The fraction of sp³-hybridized carbons (Fsp3) is 0.304. The fourth-order valence-electron chi connectivity index (χ4n) is 4.09. The van der Waals surface area contributed by atoms with Crippen LogP contribution in [-0.2, 0) is 4.79 Å². The predicted octanol–water partition coefficient (Wildman–Crippen LogP) is 2.91. The van der Waals surface area contributed by atoms with Gasteiger partial charge in [-0.25, -0.2) is 4.39 Å². The van der Waals surface area contributed by atoms with Gasteiger partial charge < -0.3 is 15.5 Å². The van der Waals surface area contributed by atoms with Gasteiger partial charge in [-0.05, 0) is 56.5 Å². The third-order valence-electron chi connectivity index (χ3n) is 5.77. The third kappa shape index (κ3) is 4.05. The number of amides is 3. The summed E-state index contributed by atoms with van der Waals surface area (Å²) in [7, 11) is 0. The molecule has 4 rings (SSSR count). The first kappa shape index (κ1) is 20.7. The molecule has 0 aromatic heterocycles. The van der Waals surface area contributed by atoms with E-state index in [1.54, 1.807) is 24.0 Å². The number of hydrogen-bond donors (Lipinski definition) is 2. The Bertz CT molecular complexity index is 1100. The summed E-state index contributed by atoms with van der Waals surface area (Å²) < 4.78 is 14.2. The lowest BCUT2D eigenvalue weighted by Gasteiger charge is -2.35. The van der Waals surface area contributed by atoms with Crippen molar-refractivity contribution in [1.29, 1.82) is 0 Å². The van der Waals surface area contributed by atoms with Crippen molar-refractivity contribution in [3.05, 3.63) is 65.0 Å². The molecule has 0 bridgehead atoms. The molecule has 1 spiro atoms. The van der Waals surface area contributed by atoms with E-state index < -0.39 is 11.4 Å². The van der Waals surface area contributed by atoms with Crippen molar-refractivity contribution in [2.45, 2.75) is 32.2 Å².